The van der Waals surface area contributed by atoms with Crippen LogP contribution < -0.4 is 10.1 Å². The van der Waals surface area contributed by atoms with Crippen LogP contribution in [0.5, 0.6) is 5.88 Å². The number of aliphatic carboxylic acids is 1. The normalized spacial score (nSPS) is 16.3. The van der Waals surface area contributed by atoms with Crippen LogP contribution in [0.25, 0.3) is 0 Å². The SMILES string of the molecule is CC1=C(C(=O)O)C(c2cccc(C(F)(F)F)c2Cl)c2c(ccnc2OCC(C)C)N1. The molecule has 160 valence electrons. The highest BCUT2D eigenvalue weighted by molar-refractivity contribution is 6.32. The van der Waals surface area contributed by atoms with Crippen LogP contribution in [0, 0.1) is 5.92 Å². The van der Waals surface area contributed by atoms with Crippen LogP contribution in [0.3, 0.4) is 0 Å². The molecular formula is C21H20ClF3N2O3. The molecule has 1 aromatic heterocycles. The number of nitrogens with one attached hydrogen (secondary N) is 1. The van der Waals surface area contributed by atoms with Crippen LogP contribution in [0.15, 0.2) is 41.7 Å². The minimum atomic E-state index is -4.68. The predicted molar refractivity (Wildman–Crippen MR) is 107 cm³/mol. The third-order valence-electron chi connectivity index (χ3n) is 4.69. The number of benzene rings is 1. The minimum absolute atomic E-state index is 0.0217. The Hall–Kier alpha value is -2.74. The lowest BCUT2D eigenvalue weighted by atomic mass is 9.80. The average Bonchev–Trinajstić information content (AvgIpc) is 2.64. The second-order valence-electron chi connectivity index (χ2n) is 7.39. The van der Waals surface area contributed by atoms with Gasteiger partial charge in [0.25, 0.3) is 0 Å². The quantitative estimate of drug-likeness (QED) is 0.623. The van der Waals surface area contributed by atoms with E-state index in [0.717, 1.165) is 6.07 Å². The average molecular weight is 441 g/mol. The largest absolute Gasteiger partial charge is 0.478 e. The number of rotatable bonds is 5. The van der Waals surface area contributed by atoms with Crippen LogP contribution >= 0.6 is 11.6 Å². The van der Waals surface area contributed by atoms with E-state index in [4.69, 9.17) is 16.3 Å². The van der Waals surface area contributed by atoms with Crippen molar-refractivity contribution in [2.75, 3.05) is 11.9 Å². The van der Waals surface area contributed by atoms with Gasteiger partial charge in [-0.15, -0.1) is 0 Å². The number of halogens is 4. The Balaban J connectivity index is 2.29. The van der Waals surface area contributed by atoms with Crippen LogP contribution in [0.4, 0.5) is 18.9 Å². The summed E-state index contributed by atoms with van der Waals surface area (Å²) in [4.78, 5) is 16.3. The van der Waals surface area contributed by atoms with Crippen molar-refractivity contribution >= 4 is 23.3 Å². The van der Waals surface area contributed by atoms with Crippen LogP contribution in [0.2, 0.25) is 5.02 Å². The molecule has 9 heteroatoms. The predicted octanol–water partition coefficient (Wildman–Crippen LogP) is 5.70. The maximum atomic E-state index is 13.5. The number of carboxylic acids is 1. The van der Waals surface area contributed by atoms with E-state index in [1.165, 1.54) is 18.3 Å². The van der Waals surface area contributed by atoms with Crippen molar-refractivity contribution in [3.05, 3.63) is 63.4 Å². The summed E-state index contributed by atoms with van der Waals surface area (Å²) < 4.78 is 46.1. The Morgan fingerprint density at radius 2 is 2.03 bits per heavy atom. The third-order valence-corrected chi connectivity index (χ3v) is 5.11. The number of carboxylic acid groups (broad SMARTS) is 1. The van der Waals surface area contributed by atoms with Gasteiger partial charge in [0, 0.05) is 17.6 Å². The molecule has 2 N–H and O–H groups in total. The van der Waals surface area contributed by atoms with Gasteiger partial charge in [-0.25, -0.2) is 9.78 Å². The van der Waals surface area contributed by atoms with E-state index in [1.54, 1.807) is 13.0 Å². The van der Waals surface area contributed by atoms with Gasteiger partial charge in [-0.1, -0.05) is 37.6 Å². The van der Waals surface area contributed by atoms with E-state index < -0.39 is 28.6 Å². The van der Waals surface area contributed by atoms with E-state index in [9.17, 15) is 23.1 Å². The van der Waals surface area contributed by atoms with E-state index in [0.29, 0.717) is 23.6 Å². The van der Waals surface area contributed by atoms with Gasteiger partial charge in [-0.2, -0.15) is 13.2 Å². The van der Waals surface area contributed by atoms with Gasteiger partial charge in [-0.3, -0.25) is 0 Å². The van der Waals surface area contributed by atoms with Crippen LogP contribution in [-0.4, -0.2) is 22.7 Å². The first-order valence-electron chi connectivity index (χ1n) is 9.20. The van der Waals surface area contributed by atoms with E-state index in [2.05, 4.69) is 10.3 Å². The zero-order valence-electron chi connectivity index (χ0n) is 16.5. The fourth-order valence-electron chi connectivity index (χ4n) is 3.42. The Bertz CT molecular complexity index is 1020. The Labute approximate surface area is 176 Å². The molecule has 1 atom stereocenters. The Morgan fingerprint density at radius 1 is 1.33 bits per heavy atom. The number of anilines is 1. The topological polar surface area (TPSA) is 71.5 Å². The summed E-state index contributed by atoms with van der Waals surface area (Å²) in [6.07, 6.45) is -3.19. The number of hydrogen-bond donors (Lipinski definition) is 2. The van der Waals surface area contributed by atoms with Crippen molar-refractivity contribution in [2.24, 2.45) is 5.92 Å². The van der Waals surface area contributed by atoms with Crippen molar-refractivity contribution in [3.63, 3.8) is 0 Å². The molecule has 0 saturated heterocycles. The number of ether oxygens (including phenoxy) is 1. The monoisotopic (exact) mass is 440 g/mol. The maximum absolute atomic E-state index is 13.5. The van der Waals surface area contributed by atoms with Crippen molar-refractivity contribution < 1.29 is 27.8 Å². The lowest BCUT2D eigenvalue weighted by Gasteiger charge is -2.31. The summed E-state index contributed by atoms with van der Waals surface area (Å²) in [5, 5.41) is 12.3. The zero-order chi connectivity index (χ0) is 22.2. The number of nitrogens with zero attached hydrogens (tertiary/aromatic N) is 1. The number of fused-ring (bicyclic) bond motifs is 1. The number of aromatic nitrogens is 1. The van der Waals surface area contributed by atoms with Crippen molar-refractivity contribution in [2.45, 2.75) is 32.9 Å². The third kappa shape index (κ3) is 4.09. The molecule has 0 aliphatic carbocycles. The van der Waals surface area contributed by atoms with Gasteiger partial charge in [0.15, 0.2) is 0 Å². The Morgan fingerprint density at radius 3 is 2.63 bits per heavy atom. The molecule has 2 aromatic rings. The first kappa shape index (κ1) is 22.0. The first-order valence-corrected chi connectivity index (χ1v) is 9.58. The smallest absolute Gasteiger partial charge is 0.417 e. The van der Waals surface area contributed by atoms with Gasteiger partial charge in [-0.05, 0) is 30.5 Å². The van der Waals surface area contributed by atoms with Gasteiger partial charge in [0.05, 0.1) is 34.2 Å². The number of hydrogen-bond acceptors (Lipinski definition) is 4. The van der Waals surface area contributed by atoms with Gasteiger partial charge in [0.1, 0.15) is 0 Å². The van der Waals surface area contributed by atoms with Gasteiger partial charge < -0.3 is 15.2 Å². The van der Waals surface area contributed by atoms with Crippen LogP contribution in [-0.2, 0) is 11.0 Å². The fourth-order valence-corrected chi connectivity index (χ4v) is 3.76. The number of allylic oxidation sites excluding steroid dienone is 1. The van der Waals surface area contributed by atoms with E-state index in [1.807, 2.05) is 13.8 Å². The molecule has 0 spiro atoms. The Kier molecular flexibility index (Phi) is 5.99. The van der Waals surface area contributed by atoms with Crippen molar-refractivity contribution in [1.82, 2.24) is 4.98 Å². The molecule has 1 aliphatic heterocycles. The molecule has 1 aliphatic rings. The summed E-state index contributed by atoms with van der Waals surface area (Å²) >= 11 is 6.17. The summed E-state index contributed by atoms with van der Waals surface area (Å²) in [5.74, 6) is -2.06. The number of alkyl halides is 3. The molecule has 0 saturated carbocycles. The van der Waals surface area contributed by atoms with Gasteiger partial charge in [0.2, 0.25) is 5.88 Å². The molecular weight excluding hydrogens is 421 g/mol. The van der Waals surface area contributed by atoms with Gasteiger partial charge >= 0.3 is 12.1 Å². The molecule has 5 nitrogen and oxygen atoms in total. The fraction of sp³-hybridized carbons (Fsp3) is 0.333. The molecule has 2 heterocycles. The summed E-state index contributed by atoms with van der Waals surface area (Å²) in [7, 11) is 0. The second-order valence-corrected chi connectivity index (χ2v) is 7.77. The molecule has 0 bridgehead atoms. The van der Waals surface area contributed by atoms with Crippen LogP contribution in [0.1, 0.15) is 43.4 Å². The lowest BCUT2D eigenvalue weighted by molar-refractivity contribution is -0.137. The van der Waals surface area contributed by atoms with E-state index in [-0.39, 0.29) is 22.9 Å². The first-order chi connectivity index (χ1) is 14.0. The summed E-state index contributed by atoms with van der Waals surface area (Å²) in [6.45, 7) is 5.72. The lowest BCUT2D eigenvalue weighted by Crippen LogP contribution is -2.25. The summed E-state index contributed by atoms with van der Waals surface area (Å²) in [6, 6.07) is 5.09. The maximum Gasteiger partial charge on any atom is 0.417 e. The highest BCUT2D eigenvalue weighted by Gasteiger charge is 2.40. The molecule has 1 aromatic carbocycles. The molecule has 0 fully saturated rings. The molecule has 0 amide bonds. The highest BCUT2D eigenvalue weighted by Crippen LogP contribution is 2.49. The highest BCUT2D eigenvalue weighted by atomic mass is 35.5. The second kappa shape index (κ2) is 8.18. The number of carbonyl (C=O) groups is 1. The van der Waals surface area contributed by atoms with Crippen molar-refractivity contribution in [3.8, 4) is 5.88 Å². The zero-order valence-corrected chi connectivity index (χ0v) is 17.2. The number of pyridine rings is 1. The van der Waals surface area contributed by atoms with Crippen molar-refractivity contribution in [1.29, 1.82) is 0 Å². The molecule has 30 heavy (non-hydrogen) atoms. The summed E-state index contributed by atoms with van der Waals surface area (Å²) in [5.41, 5.74) is 0.0128. The molecule has 1 unspecified atom stereocenters. The standard InChI is InChI=1S/C21H20ClF3N2O3/c1-10(2)9-30-19-17-14(7-8-26-19)27-11(3)15(20(28)29)16(17)12-5-4-6-13(18(12)22)21(23,24)25/h4-8,10,16,27H,9H2,1-3H3,(H,28,29). The molecule has 0 radical (unpaired) electrons. The minimum Gasteiger partial charge on any atom is -0.478 e. The van der Waals surface area contributed by atoms with E-state index >= 15 is 0 Å². The molecule has 3 rings (SSSR count).